The maximum absolute atomic E-state index is 10.9. The Hall–Kier alpha value is -0.990. The zero-order valence-corrected chi connectivity index (χ0v) is 5.68. The minimum Gasteiger partial charge on any atom is -0.278 e. The molecule has 0 fully saturated rings. The van der Waals surface area contributed by atoms with Crippen molar-refractivity contribution < 1.29 is 4.79 Å². The van der Waals surface area contributed by atoms with E-state index in [4.69, 9.17) is 0 Å². The lowest BCUT2D eigenvalue weighted by Gasteiger charge is -2.09. The largest absolute Gasteiger partial charge is 0.291 e. The van der Waals surface area contributed by atoms with Gasteiger partial charge in [-0.1, -0.05) is 0 Å². The summed E-state index contributed by atoms with van der Waals surface area (Å²) < 4.78 is 0. The molecule has 10 heavy (non-hydrogen) atoms. The van der Waals surface area contributed by atoms with Gasteiger partial charge in [-0.15, -0.1) is 5.43 Å². The van der Waals surface area contributed by atoms with Crippen molar-refractivity contribution in [3.8, 4) is 0 Å². The van der Waals surface area contributed by atoms with Gasteiger partial charge in [0.25, 0.3) is 5.91 Å². The third-order valence-corrected chi connectivity index (χ3v) is 2.02. The second-order valence-corrected chi connectivity index (χ2v) is 2.69. The first-order valence-electron chi connectivity index (χ1n) is 3.61. The Morgan fingerprint density at radius 2 is 2.10 bits per heavy atom. The van der Waals surface area contributed by atoms with Crippen molar-refractivity contribution in [1.82, 2.24) is 10.9 Å². The molecule has 0 atom stereocenters. The van der Waals surface area contributed by atoms with Gasteiger partial charge in [-0.25, -0.2) is 0 Å². The first kappa shape index (κ1) is 5.77. The average molecular weight is 137 g/mol. The molecule has 0 saturated carbocycles. The normalized spacial score (nSPS) is 23.8. The van der Waals surface area contributed by atoms with Gasteiger partial charge in [0.15, 0.2) is 0 Å². The summed E-state index contributed by atoms with van der Waals surface area (Å²) in [5.74, 6) is -0.0466. The van der Waals surface area contributed by atoms with Crippen molar-refractivity contribution in [1.29, 1.82) is 0 Å². The molecule has 0 unspecified atom stereocenters. The van der Waals surface area contributed by atoms with Gasteiger partial charge in [-0.05, 0) is 25.7 Å². The molecule has 0 saturated heterocycles. The molecule has 2 rings (SSSR count). The third kappa shape index (κ3) is 0.701. The van der Waals surface area contributed by atoms with Crippen molar-refractivity contribution in [2.75, 3.05) is 0 Å². The maximum atomic E-state index is 10.9. The summed E-state index contributed by atoms with van der Waals surface area (Å²) in [5, 5.41) is 0. The molecule has 1 aliphatic heterocycles. The molecule has 1 N–H and O–H groups in total. The van der Waals surface area contributed by atoms with E-state index >= 15 is 0 Å². The highest BCUT2D eigenvalue weighted by Crippen LogP contribution is 2.25. The number of nitrogens with one attached hydrogen (secondary N) is 1. The summed E-state index contributed by atoms with van der Waals surface area (Å²) in [4.78, 5) is 10.9. The monoisotopic (exact) mass is 137 g/mol. The molecule has 1 heterocycles. The van der Waals surface area contributed by atoms with Gasteiger partial charge >= 0.3 is 0 Å². The van der Waals surface area contributed by atoms with E-state index in [2.05, 4.69) is 10.9 Å². The fourth-order valence-electron chi connectivity index (χ4n) is 1.45. The van der Waals surface area contributed by atoms with Crippen LogP contribution >= 0.6 is 0 Å². The second-order valence-electron chi connectivity index (χ2n) is 2.69. The van der Waals surface area contributed by atoms with E-state index in [9.17, 15) is 4.79 Å². The summed E-state index contributed by atoms with van der Waals surface area (Å²) in [6.07, 6.45) is 4.26. The van der Waals surface area contributed by atoms with E-state index in [0.717, 1.165) is 30.5 Å². The highest BCUT2D eigenvalue weighted by atomic mass is 16.2. The summed E-state index contributed by atoms with van der Waals surface area (Å²) in [6, 6.07) is 0. The van der Waals surface area contributed by atoms with Gasteiger partial charge < -0.3 is 0 Å². The minimum absolute atomic E-state index is 0.0466. The van der Waals surface area contributed by atoms with Gasteiger partial charge in [-0.2, -0.15) is 0 Å². The Labute approximate surface area is 59.5 Å². The highest BCUT2D eigenvalue weighted by Gasteiger charge is 2.25. The molecule has 0 aromatic rings. The Morgan fingerprint density at radius 3 is 2.90 bits per heavy atom. The van der Waals surface area contributed by atoms with Crippen LogP contribution in [0.4, 0.5) is 0 Å². The lowest BCUT2D eigenvalue weighted by atomic mass is 9.97. The van der Waals surface area contributed by atoms with E-state index in [1.165, 1.54) is 6.42 Å². The number of nitrogens with zero attached hydrogens (tertiary/aromatic N) is 1. The standard InChI is InChI=1S/C7H9N2O/c10-7-5-3-1-2-4-6(5)8-9-7/h8H,1-4H2. The highest BCUT2D eigenvalue weighted by molar-refractivity contribution is 5.95. The first-order chi connectivity index (χ1) is 4.88. The Morgan fingerprint density at radius 1 is 1.30 bits per heavy atom. The summed E-state index contributed by atoms with van der Waals surface area (Å²) in [6.45, 7) is 0. The minimum atomic E-state index is -0.0466. The van der Waals surface area contributed by atoms with E-state index < -0.39 is 0 Å². The smallest absolute Gasteiger partial charge is 0.278 e. The third-order valence-electron chi connectivity index (χ3n) is 2.02. The number of allylic oxidation sites excluding steroid dienone is 1. The second kappa shape index (κ2) is 2.01. The van der Waals surface area contributed by atoms with E-state index in [-0.39, 0.29) is 5.91 Å². The Bertz CT molecular complexity index is 208. The number of rotatable bonds is 0. The number of hydrogen-bond acceptors (Lipinski definition) is 2. The topological polar surface area (TPSA) is 43.2 Å². The van der Waals surface area contributed by atoms with E-state index in [1.807, 2.05) is 0 Å². The zero-order chi connectivity index (χ0) is 6.97. The lowest BCUT2D eigenvalue weighted by Crippen LogP contribution is -2.19. The van der Waals surface area contributed by atoms with Gasteiger partial charge in [0, 0.05) is 11.3 Å². The summed E-state index contributed by atoms with van der Waals surface area (Å²) in [7, 11) is 0. The molecule has 0 bridgehead atoms. The van der Waals surface area contributed by atoms with Crippen LogP contribution in [0.1, 0.15) is 25.7 Å². The van der Waals surface area contributed by atoms with Crippen molar-refractivity contribution >= 4 is 5.91 Å². The fraction of sp³-hybridized carbons (Fsp3) is 0.571. The van der Waals surface area contributed by atoms with Gasteiger partial charge in [0.1, 0.15) is 0 Å². The average Bonchev–Trinajstić information content (AvgIpc) is 2.34. The quantitative estimate of drug-likeness (QED) is 0.527. The van der Waals surface area contributed by atoms with Crippen molar-refractivity contribution in [3.05, 3.63) is 11.3 Å². The van der Waals surface area contributed by atoms with Crippen molar-refractivity contribution in [2.24, 2.45) is 0 Å². The van der Waals surface area contributed by atoms with Crippen LogP contribution in [0.2, 0.25) is 0 Å². The fourth-order valence-corrected chi connectivity index (χ4v) is 1.45. The number of carbonyl (C=O) groups is 1. The summed E-state index contributed by atoms with van der Waals surface area (Å²) >= 11 is 0. The molecule has 3 nitrogen and oxygen atoms in total. The molecular formula is C7H9N2O. The molecule has 53 valence electrons. The SMILES string of the molecule is O=C1[N]NC2=C1CCCC2. The van der Waals surface area contributed by atoms with Crippen LogP contribution in [-0.2, 0) is 4.79 Å². The molecule has 1 amide bonds. The molecule has 2 aliphatic rings. The van der Waals surface area contributed by atoms with Crippen LogP contribution in [0.5, 0.6) is 0 Å². The van der Waals surface area contributed by atoms with Crippen molar-refractivity contribution in [3.63, 3.8) is 0 Å². The molecular weight excluding hydrogens is 128 g/mol. The maximum Gasteiger partial charge on any atom is 0.291 e. The predicted molar refractivity (Wildman–Crippen MR) is 35.8 cm³/mol. The van der Waals surface area contributed by atoms with Crippen LogP contribution < -0.4 is 10.9 Å². The van der Waals surface area contributed by atoms with Crippen LogP contribution in [0, 0.1) is 0 Å². The number of amides is 1. The first-order valence-corrected chi connectivity index (χ1v) is 3.61. The Kier molecular flexibility index (Phi) is 1.16. The van der Waals surface area contributed by atoms with Crippen LogP contribution in [0.3, 0.4) is 0 Å². The molecule has 0 spiro atoms. The van der Waals surface area contributed by atoms with E-state index in [1.54, 1.807) is 0 Å². The lowest BCUT2D eigenvalue weighted by molar-refractivity contribution is -0.117. The van der Waals surface area contributed by atoms with Crippen LogP contribution in [0.25, 0.3) is 0 Å². The zero-order valence-electron chi connectivity index (χ0n) is 5.68. The molecule has 1 aliphatic carbocycles. The van der Waals surface area contributed by atoms with Crippen molar-refractivity contribution in [2.45, 2.75) is 25.7 Å². The summed E-state index contributed by atoms with van der Waals surface area (Å²) in [5.41, 5.74) is 8.37. The molecule has 0 aromatic heterocycles. The number of carbonyl (C=O) groups excluding carboxylic acids is 1. The Balaban J connectivity index is 2.29. The van der Waals surface area contributed by atoms with Gasteiger partial charge in [0.2, 0.25) is 0 Å². The van der Waals surface area contributed by atoms with Crippen LogP contribution in [0.15, 0.2) is 11.3 Å². The predicted octanol–water partition coefficient (Wildman–Crippen LogP) is 0.464. The van der Waals surface area contributed by atoms with Gasteiger partial charge in [-0.3, -0.25) is 10.2 Å². The van der Waals surface area contributed by atoms with Crippen LogP contribution in [-0.4, -0.2) is 5.91 Å². The van der Waals surface area contributed by atoms with Gasteiger partial charge in [0.05, 0.1) is 0 Å². The molecule has 3 heteroatoms. The van der Waals surface area contributed by atoms with E-state index in [0.29, 0.717) is 0 Å². The molecule has 1 radical (unpaired) electrons. The molecule has 0 aromatic carbocycles. The number of hydrogen-bond donors (Lipinski definition) is 1.